The van der Waals surface area contributed by atoms with Crippen molar-refractivity contribution >= 4 is 40.6 Å². The summed E-state index contributed by atoms with van der Waals surface area (Å²) in [7, 11) is 0. The first-order chi connectivity index (χ1) is 9.60. The van der Waals surface area contributed by atoms with Crippen LogP contribution >= 0.6 is 23.2 Å². The standard InChI is InChI=1S/C14H13Cl2N3O/c1-2-17-13-8-9(7-12(16)19-13)14(20)18-11-6-4-3-5-10(11)15/h3-8H,2H2,1H3,(H,17,19)(H,18,20). The first kappa shape index (κ1) is 14.6. The van der Waals surface area contributed by atoms with Gasteiger partial charge in [-0.25, -0.2) is 4.98 Å². The van der Waals surface area contributed by atoms with Gasteiger partial charge in [-0.05, 0) is 31.2 Å². The van der Waals surface area contributed by atoms with Gasteiger partial charge in [0.05, 0.1) is 10.7 Å². The van der Waals surface area contributed by atoms with Gasteiger partial charge < -0.3 is 10.6 Å². The molecule has 6 heteroatoms. The van der Waals surface area contributed by atoms with E-state index in [-0.39, 0.29) is 11.1 Å². The van der Waals surface area contributed by atoms with Gasteiger partial charge in [0.2, 0.25) is 0 Å². The number of aromatic nitrogens is 1. The van der Waals surface area contributed by atoms with Gasteiger partial charge in [0.25, 0.3) is 5.91 Å². The van der Waals surface area contributed by atoms with E-state index in [1.54, 1.807) is 30.3 Å². The van der Waals surface area contributed by atoms with Crippen LogP contribution in [0, 0.1) is 0 Å². The van der Waals surface area contributed by atoms with E-state index in [1.807, 2.05) is 6.92 Å². The van der Waals surface area contributed by atoms with Crippen molar-refractivity contribution in [1.82, 2.24) is 4.98 Å². The summed E-state index contributed by atoms with van der Waals surface area (Å²) in [5.41, 5.74) is 0.970. The Hall–Kier alpha value is -1.78. The lowest BCUT2D eigenvalue weighted by molar-refractivity contribution is 0.102. The fourth-order valence-corrected chi connectivity index (χ4v) is 2.05. The summed E-state index contributed by atoms with van der Waals surface area (Å²) in [6, 6.07) is 10.2. The maximum atomic E-state index is 12.2. The molecule has 1 heterocycles. The van der Waals surface area contributed by atoms with E-state index in [0.717, 1.165) is 0 Å². The van der Waals surface area contributed by atoms with Crippen LogP contribution in [-0.2, 0) is 0 Å². The largest absolute Gasteiger partial charge is 0.370 e. The molecule has 0 unspecified atom stereocenters. The zero-order valence-electron chi connectivity index (χ0n) is 10.8. The Morgan fingerprint density at radius 1 is 1.25 bits per heavy atom. The number of nitrogens with zero attached hydrogens (tertiary/aromatic N) is 1. The lowest BCUT2D eigenvalue weighted by atomic mass is 10.2. The van der Waals surface area contributed by atoms with Crippen LogP contribution in [0.2, 0.25) is 10.2 Å². The lowest BCUT2D eigenvalue weighted by Gasteiger charge is -2.09. The van der Waals surface area contributed by atoms with E-state index in [9.17, 15) is 4.79 Å². The lowest BCUT2D eigenvalue weighted by Crippen LogP contribution is -2.13. The highest BCUT2D eigenvalue weighted by molar-refractivity contribution is 6.34. The summed E-state index contributed by atoms with van der Waals surface area (Å²) in [5.74, 6) is 0.269. The second-order valence-electron chi connectivity index (χ2n) is 4.03. The molecule has 0 fully saturated rings. The molecule has 4 nitrogen and oxygen atoms in total. The number of pyridine rings is 1. The topological polar surface area (TPSA) is 54.0 Å². The number of para-hydroxylation sites is 1. The van der Waals surface area contributed by atoms with E-state index in [1.165, 1.54) is 6.07 Å². The van der Waals surface area contributed by atoms with E-state index < -0.39 is 0 Å². The second-order valence-corrected chi connectivity index (χ2v) is 4.82. The Balaban J connectivity index is 2.23. The molecule has 104 valence electrons. The summed E-state index contributed by atoms with van der Waals surface area (Å²) in [4.78, 5) is 16.3. The molecule has 1 aromatic carbocycles. The Kier molecular flexibility index (Phi) is 4.82. The first-order valence-corrected chi connectivity index (χ1v) is 6.83. The van der Waals surface area contributed by atoms with Crippen LogP contribution in [0.25, 0.3) is 0 Å². The fourth-order valence-electron chi connectivity index (χ4n) is 1.66. The van der Waals surface area contributed by atoms with Crippen molar-refractivity contribution in [3.05, 3.63) is 52.1 Å². The number of nitrogens with one attached hydrogen (secondary N) is 2. The van der Waals surface area contributed by atoms with Crippen molar-refractivity contribution in [1.29, 1.82) is 0 Å². The van der Waals surface area contributed by atoms with Crippen molar-refractivity contribution < 1.29 is 4.79 Å². The molecular formula is C14H13Cl2N3O. The van der Waals surface area contributed by atoms with Crippen LogP contribution in [0.1, 0.15) is 17.3 Å². The van der Waals surface area contributed by atoms with Gasteiger partial charge in [-0.15, -0.1) is 0 Å². The third-order valence-electron chi connectivity index (χ3n) is 2.54. The molecule has 0 saturated carbocycles. The van der Waals surface area contributed by atoms with Gasteiger partial charge in [-0.2, -0.15) is 0 Å². The Morgan fingerprint density at radius 2 is 2.00 bits per heavy atom. The van der Waals surface area contributed by atoms with Gasteiger partial charge >= 0.3 is 0 Å². The average molecular weight is 310 g/mol. The molecule has 0 spiro atoms. The van der Waals surface area contributed by atoms with Crippen molar-refractivity contribution in [2.45, 2.75) is 6.92 Å². The summed E-state index contributed by atoms with van der Waals surface area (Å²) >= 11 is 11.9. The van der Waals surface area contributed by atoms with Gasteiger partial charge in [-0.1, -0.05) is 35.3 Å². The van der Waals surface area contributed by atoms with Gasteiger partial charge in [0.1, 0.15) is 11.0 Å². The van der Waals surface area contributed by atoms with Crippen LogP contribution in [-0.4, -0.2) is 17.4 Å². The minimum absolute atomic E-state index is 0.257. The molecule has 1 aromatic heterocycles. The number of rotatable bonds is 4. The summed E-state index contributed by atoms with van der Waals surface area (Å²) in [6.07, 6.45) is 0. The number of hydrogen-bond donors (Lipinski definition) is 2. The van der Waals surface area contributed by atoms with E-state index >= 15 is 0 Å². The van der Waals surface area contributed by atoms with Gasteiger partial charge in [0.15, 0.2) is 0 Å². The predicted molar refractivity (Wildman–Crippen MR) is 82.8 cm³/mol. The quantitative estimate of drug-likeness (QED) is 0.837. The molecule has 0 atom stereocenters. The zero-order valence-corrected chi connectivity index (χ0v) is 12.3. The Morgan fingerprint density at radius 3 is 2.70 bits per heavy atom. The maximum absolute atomic E-state index is 12.2. The van der Waals surface area contributed by atoms with Crippen molar-refractivity contribution in [2.24, 2.45) is 0 Å². The third-order valence-corrected chi connectivity index (χ3v) is 3.06. The molecule has 2 aromatic rings. The number of carbonyl (C=O) groups excluding carboxylic acids is 1. The number of benzene rings is 1. The molecule has 20 heavy (non-hydrogen) atoms. The smallest absolute Gasteiger partial charge is 0.255 e. The second kappa shape index (κ2) is 6.59. The Bertz CT molecular complexity index is 632. The zero-order chi connectivity index (χ0) is 14.5. The maximum Gasteiger partial charge on any atom is 0.255 e. The highest BCUT2D eigenvalue weighted by atomic mass is 35.5. The molecule has 0 aliphatic carbocycles. The van der Waals surface area contributed by atoms with Crippen molar-refractivity contribution in [2.75, 3.05) is 17.2 Å². The minimum atomic E-state index is -0.290. The van der Waals surface area contributed by atoms with Gasteiger partial charge in [0, 0.05) is 12.1 Å². The Labute approximate surface area is 127 Å². The molecule has 0 saturated heterocycles. The number of anilines is 2. The third kappa shape index (κ3) is 3.62. The number of amides is 1. The highest BCUT2D eigenvalue weighted by Crippen LogP contribution is 2.22. The fraction of sp³-hybridized carbons (Fsp3) is 0.143. The first-order valence-electron chi connectivity index (χ1n) is 6.07. The summed E-state index contributed by atoms with van der Waals surface area (Å²) in [5, 5.41) is 6.49. The molecule has 0 aliphatic heterocycles. The van der Waals surface area contributed by atoms with Gasteiger partial charge in [-0.3, -0.25) is 4.79 Å². The minimum Gasteiger partial charge on any atom is -0.370 e. The molecular weight excluding hydrogens is 297 g/mol. The highest BCUT2D eigenvalue weighted by Gasteiger charge is 2.11. The van der Waals surface area contributed by atoms with Crippen LogP contribution < -0.4 is 10.6 Å². The molecule has 0 aliphatic rings. The number of carbonyl (C=O) groups is 1. The predicted octanol–water partition coefficient (Wildman–Crippen LogP) is 4.07. The van der Waals surface area contributed by atoms with Crippen LogP contribution in [0.5, 0.6) is 0 Å². The number of halogens is 2. The van der Waals surface area contributed by atoms with E-state index in [2.05, 4.69) is 15.6 Å². The molecule has 2 N–H and O–H groups in total. The molecule has 2 rings (SSSR count). The van der Waals surface area contributed by atoms with E-state index in [0.29, 0.717) is 28.6 Å². The van der Waals surface area contributed by atoms with Crippen LogP contribution in [0.15, 0.2) is 36.4 Å². The monoisotopic (exact) mass is 309 g/mol. The van der Waals surface area contributed by atoms with E-state index in [4.69, 9.17) is 23.2 Å². The molecule has 0 bridgehead atoms. The number of hydrogen-bond acceptors (Lipinski definition) is 3. The molecule has 1 amide bonds. The molecule has 0 radical (unpaired) electrons. The summed E-state index contributed by atoms with van der Waals surface area (Å²) < 4.78 is 0. The van der Waals surface area contributed by atoms with Crippen LogP contribution in [0.4, 0.5) is 11.5 Å². The van der Waals surface area contributed by atoms with Crippen molar-refractivity contribution in [3.63, 3.8) is 0 Å². The average Bonchev–Trinajstić information content (AvgIpc) is 2.41. The van der Waals surface area contributed by atoms with Crippen LogP contribution in [0.3, 0.4) is 0 Å². The summed E-state index contributed by atoms with van der Waals surface area (Å²) in [6.45, 7) is 2.63. The SMILES string of the molecule is CCNc1cc(C(=O)Nc2ccccc2Cl)cc(Cl)n1. The normalized spacial score (nSPS) is 10.2. The van der Waals surface area contributed by atoms with Crippen molar-refractivity contribution in [3.8, 4) is 0 Å².